The number of piperidine rings is 1. The van der Waals surface area contributed by atoms with Crippen LogP contribution in [0.3, 0.4) is 0 Å². The second-order valence-electron chi connectivity index (χ2n) is 7.30. The molecule has 0 radical (unpaired) electrons. The smallest absolute Gasteiger partial charge is 0.309 e. The molecule has 7 rings (SSSR count). The summed E-state index contributed by atoms with van der Waals surface area (Å²) >= 11 is 0. The van der Waals surface area contributed by atoms with E-state index in [1.165, 1.54) is 34.8 Å². The third-order valence-electron chi connectivity index (χ3n) is 6.40. The fourth-order valence-electron chi connectivity index (χ4n) is 5.41. The Kier molecular flexibility index (Phi) is 2.95. The van der Waals surface area contributed by atoms with E-state index in [2.05, 4.69) is 47.1 Å². The number of carbonyl (C=O) groups excluding carboxylic acids is 1. The summed E-state index contributed by atoms with van der Waals surface area (Å²) in [7, 11) is 1.53. The first-order valence-corrected chi connectivity index (χ1v) is 8.80. The van der Waals surface area contributed by atoms with Gasteiger partial charge in [0.1, 0.15) is 0 Å². The zero-order chi connectivity index (χ0) is 16.4. The van der Waals surface area contributed by atoms with E-state index in [-0.39, 0.29) is 17.8 Å². The third kappa shape index (κ3) is 1.69. The number of fused-ring (bicyclic) bond motifs is 2. The number of allylic oxidation sites excluding steroid dienone is 1. The molecule has 4 bridgehead atoms. The molecule has 5 atom stereocenters. The van der Waals surface area contributed by atoms with Gasteiger partial charge < -0.3 is 9.72 Å². The van der Waals surface area contributed by atoms with Crippen molar-refractivity contribution in [1.29, 1.82) is 0 Å². The Bertz CT molecular complexity index is 866. The molecule has 124 valence electrons. The van der Waals surface area contributed by atoms with Gasteiger partial charge in [-0.05, 0) is 30.9 Å². The van der Waals surface area contributed by atoms with Crippen LogP contribution in [0.15, 0.2) is 35.9 Å². The molecule has 4 heteroatoms. The first-order valence-electron chi connectivity index (χ1n) is 8.80. The lowest BCUT2D eigenvalue weighted by atomic mass is 9.76. The average Bonchev–Trinajstić information content (AvgIpc) is 2.79. The van der Waals surface area contributed by atoms with Crippen molar-refractivity contribution in [3.8, 4) is 0 Å². The van der Waals surface area contributed by atoms with Crippen LogP contribution >= 0.6 is 0 Å². The number of aromatic amines is 1. The van der Waals surface area contributed by atoms with E-state index in [9.17, 15) is 4.79 Å². The maximum Gasteiger partial charge on any atom is 0.309 e. The Morgan fingerprint density at radius 1 is 1.33 bits per heavy atom. The normalized spacial score (nSPS) is 35.2. The second kappa shape index (κ2) is 4.96. The molecule has 0 saturated carbocycles. The van der Waals surface area contributed by atoms with Crippen molar-refractivity contribution >= 4 is 16.9 Å². The van der Waals surface area contributed by atoms with Gasteiger partial charge in [-0.2, -0.15) is 0 Å². The highest BCUT2D eigenvalue weighted by molar-refractivity contribution is 5.87. The van der Waals surface area contributed by atoms with Gasteiger partial charge in [0.25, 0.3) is 0 Å². The minimum Gasteiger partial charge on any atom is -0.469 e. The number of nitrogens with one attached hydrogen (secondary N) is 1. The summed E-state index contributed by atoms with van der Waals surface area (Å²) in [6.45, 7) is 4.03. The van der Waals surface area contributed by atoms with Crippen molar-refractivity contribution in [2.24, 2.45) is 11.8 Å². The molecule has 5 aliphatic rings. The predicted molar refractivity (Wildman–Crippen MR) is 92.7 cm³/mol. The Morgan fingerprint density at radius 3 is 2.96 bits per heavy atom. The second-order valence-corrected chi connectivity index (χ2v) is 7.30. The number of rotatable bonds is 1. The Labute approximate surface area is 141 Å². The Balaban J connectivity index is 1.77. The highest BCUT2D eigenvalue weighted by Crippen LogP contribution is 2.56. The Morgan fingerprint density at radius 2 is 2.17 bits per heavy atom. The molecule has 4 nitrogen and oxygen atoms in total. The quantitative estimate of drug-likeness (QED) is 0.647. The van der Waals surface area contributed by atoms with Gasteiger partial charge in [-0.25, -0.2) is 0 Å². The van der Waals surface area contributed by atoms with Gasteiger partial charge in [0, 0.05) is 35.6 Å². The van der Waals surface area contributed by atoms with Gasteiger partial charge in [0.2, 0.25) is 0 Å². The number of carbonyl (C=O) groups is 1. The zero-order valence-electron chi connectivity index (χ0n) is 14.1. The van der Waals surface area contributed by atoms with Crippen LogP contribution in [-0.4, -0.2) is 36.1 Å². The van der Waals surface area contributed by atoms with Crippen molar-refractivity contribution in [3.05, 3.63) is 47.2 Å². The maximum absolute atomic E-state index is 12.7. The van der Waals surface area contributed by atoms with Crippen LogP contribution in [0.5, 0.6) is 0 Å². The van der Waals surface area contributed by atoms with Crippen LogP contribution in [0.2, 0.25) is 0 Å². The first-order chi connectivity index (χ1) is 11.7. The number of methoxy groups -OCH3 is 1. The minimum absolute atomic E-state index is 0.0509. The molecule has 1 aliphatic carbocycles. The highest BCUT2D eigenvalue weighted by atomic mass is 16.5. The van der Waals surface area contributed by atoms with Crippen molar-refractivity contribution in [1.82, 2.24) is 9.88 Å². The van der Waals surface area contributed by atoms with Crippen molar-refractivity contribution in [3.63, 3.8) is 0 Å². The molecule has 1 aromatic carbocycles. The number of H-pyrrole nitrogens is 1. The number of esters is 1. The molecular weight excluding hydrogens is 300 g/mol. The van der Waals surface area contributed by atoms with E-state index in [4.69, 9.17) is 4.74 Å². The summed E-state index contributed by atoms with van der Waals surface area (Å²) in [6.07, 6.45) is 3.22. The van der Waals surface area contributed by atoms with Gasteiger partial charge in [-0.1, -0.05) is 29.8 Å². The molecular formula is C20H22N2O2. The molecule has 1 aromatic heterocycles. The molecule has 5 heterocycles. The van der Waals surface area contributed by atoms with Crippen molar-refractivity contribution in [2.45, 2.75) is 25.3 Å². The summed E-state index contributed by atoms with van der Waals surface area (Å²) < 4.78 is 5.25. The molecule has 24 heavy (non-hydrogen) atoms. The summed E-state index contributed by atoms with van der Waals surface area (Å²) in [5.41, 5.74) is 5.29. The topological polar surface area (TPSA) is 45.3 Å². The molecule has 2 aromatic rings. The van der Waals surface area contributed by atoms with Gasteiger partial charge in [0.15, 0.2) is 0 Å². The van der Waals surface area contributed by atoms with Crippen LogP contribution in [0, 0.1) is 11.8 Å². The average molecular weight is 322 g/mol. The number of ether oxygens (including phenoxy) is 1. The lowest BCUT2D eigenvalue weighted by Gasteiger charge is -2.39. The van der Waals surface area contributed by atoms with Gasteiger partial charge in [0.05, 0.1) is 19.1 Å². The lowest BCUT2D eigenvalue weighted by molar-refractivity contribution is -0.147. The molecule has 5 unspecified atom stereocenters. The molecule has 3 fully saturated rings. The molecule has 0 amide bonds. The van der Waals surface area contributed by atoms with E-state index in [1.807, 2.05) is 0 Å². The van der Waals surface area contributed by atoms with Crippen LogP contribution < -0.4 is 0 Å². The number of hydrogen-bond donors (Lipinski definition) is 1. The standard InChI is InChI=1S/C20H22N2O2/c1-3-11-9-22-10-14-17-12-6-4-5-7-15(12)21-19(17)16(22)8-13(11)18(14)20(23)24-2/h3-7,13-14,16,18,21H,8-10H2,1-2H3. The summed E-state index contributed by atoms with van der Waals surface area (Å²) in [4.78, 5) is 19.0. The van der Waals surface area contributed by atoms with Gasteiger partial charge >= 0.3 is 5.97 Å². The van der Waals surface area contributed by atoms with Crippen LogP contribution in [0.1, 0.15) is 36.6 Å². The fraction of sp³-hybridized carbons (Fsp3) is 0.450. The molecule has 3 saturated heterocycles. The molecule has 1 N–H and O–H groups in total. The summed E-state index contributed by atoms with van der Waals surface area (Å²) in [6, 6.07) is 8.89. The number of hydrogen-bond acceptors (Lipinski definition) is 3. The third-order valence-corrected chi connectivity index (χ3v) is 6.40. The van der Waals surface area contributed by atoms with Crippen LogP contribution in [-0.2, 0) is 9.53 Å². The van der Waals surface area contributed by atoms with E-state index < -0.39 is 0 Å². The van der Waals surface area contributed by atoms with Gasteiger partial charge in [-0.3, -0.25) is 9.69 Å². The van der Waals surface area contributed by atoms with Crippen molar-refractivity contribution < 1.29 is 9.53 Å². The summed E-state index contributed by atoms with van der Waals surface area (Å²) in [5, 5.41) is 1.28. The van der Waals surface area contributed by atoms with Crippen LogP contribution in [0.4, 0.5) is 0 Å². The van der Waals surface area contributed by atoms with E-state index in [0.717, 1.165) is 19.5 Å². The zero-order valence-corrected chi connectivity index (χ0v) is 14.1. The minimum atomic E-state index is -0.0725. The Hall–Kier alpha value is -2.07. The SMILES string of the molecule is CC=C1CN2CC3c4c([nH]c5ccccc45)C2CC1C3C(=O)OC. The largest absolute Gasteiger partial charge is 0.469 e. The number of benzene rings is 1. The first kappa shape index (κ1) is 14.3. The number of nitrogens with zero attached hydrogens (tertiary/aromatic N) is 1. The highest BCUT2D eigenvalue weighted by Gasteiger charge is 2.53. The van der Waals surface area contributed by atoms with E-state index in [0.29, 0.717) is 12.0 Å². The fourth-order valence-corrected chi connectivity index (χ4v) is 5.41. The van der Waals surface area contributed by atoms with Crippen LogP contribution in [0.25, 0.3) is 10.9 Å². The monoisotopic (exact) mass is 322 g/mol. The maximum atomic E-state index is 12.7. The number of aromatic nitrogens is 1. The lowest BCUT2D eigenvalue weighted by Crippen LogP contribution is -2.39. The number of para-hydroxylation sites is 1. The molecule has 4 aliphatic heterocycles. The summed E-state index contributed by atoms with van der Waals surface area (Å²) in [5.74, 6) is 0.391. The van der Waals surface area contributed by atoms with E-state index in [1.54, 1.807) is 0 Å². The van der Waals surface area contributed by atoms with E-state index >= 15 is 0 Å². The predicted octanol–water partition coefficient (Wildman–Crippen LogP) is 3.38. The van der Waals surface area contributed by atoms with Crippen molar-refractivity contribution in [2.75, 3.05) is 20.2 Å². The van der Waals surface area contributed by atoms with Gasteiger partial charge in [-0.15, -0.1) is 0 Å². The molecule has 0 spiro atoms.